The van der Waals surface area contributed by atoms with Crippen molar-refractivity contribution in [2.75, 3.05) is 13.1 Å². The Morgan fingerprint density at radius 2 is 2.00 bits per heavy atom. The second kappa shape index (κ2) is 5.81. The lowest BCUT2D eigenvalue weighted by atomic mass is 10.0. The first-order chi connectivity index (χ1) is 8.56. The van der Waals surface area contributed by atoms with Crippen LogP contribution in [0.3, 0.4) is 0 Å². The molecule has 1 aromatic carbocycles. The normalized spacial score (nSPS) is 27.1. The van der Waals surface area contributed by atoms with E-state index in [1.165, 1.54) is 5.56 Å². The molecule has 100 valence electrons. The third kappa shape index (κ3) is 3.30. The summed E-state index contributed by atoms with van der Waals surface area (Å²) in [7, 11) is 0. The first-order valence-electron chi connectivity index (χ1n) is 6.80. The van der Waals surface area contributed by atoms with E-state index in [0.29, 0.717) is 18.1 Å². The number of rotatable bonds is 3. The maximum absolute atomic E-state index is 12.9. The molecular formula is C15H23FN2. The van der Waals surface area contributed by atoms with Crippen molar-refractivity contribution >= 4 is 0 Å². The van der Waals surface area contributed by atoms with E-state index in [2.05, 4.69) is 31.0 Å². The summed E-state index contributed by atoms with van der Waals surface area (Å²) in [6.07, 6.45) is 0.983. The fourth-order valence-electron chi connectivity index (χ4n) is 2.74. The lowest BCUT2D eigenvalue weighted by molar-refractivity contribution is 0.103. The maximum atomic E-state index is 12.9. The highest BCUT2D eigenvalue weighted by Crippen LogP contribution is 2.15. The van der Waals surface area contributed by atoms with Crippen molar-refractivity contribution in [3.05, 3.63) is 35.6 Å². The van der Waals surface area contributed by atoms with Crippen molar-refractivity contribution in [3.8, 4) is 0 Å². The summed E-state index contributed by atoms with van der Waals surface area (Å²) in [6, 6.07) is 8.49. The van der Waals surface area contributed by atoms with Gasteiger partial charge in [-0.3, -0.25) is 4.90 Å². The fraction of sp³-hybridized carbons (Fsp3) is 0.600. The molecule has 3 unspecified atom stereocenters. The van der Waals surface area contributed by atoms with Crippen LogP contribution in [0.15, 0.2) is 24.3 Å². The SMILES string of the molecule is CC1CN(C(C)Cc2ccc(F)cc2)C(C)CN1. The average Bonchev–Trinajstić information content (AvgIpc) is 2.35. The molecule has 3 atom stereocenters. The molecule has 2 nitrogen and oxygen atoms in total. The molecule has 0 saturated carbocycles. The molecule has 1 aliphatic heterocycles. The van der Waals surface area contributed by atoms with Crippen LogP contribution in [-0.2, 0) is 6.42 Å². The second-order valence-corrected chi connectivity index (χ2v) is 5.53. The van der Waals surface area contributed by atoms with Gasteiger partial charge in [-0.25, -0.2) is 4.39 Å². The van der Waals surface area contributed by atoms with E-state index >= 15 is 0 Å². The molecule has 0 aromatic heterocycles. The molecule has 18 heavy (non-hydrogen) atoms. The average molecular weight is 250 g/mol. The summed E-state index contributed by atoms with van der Waals surface area (Å²) in [5.41, 5.74) is 1.21. The summed E-state index contributed by atoms with van der Waals surface area (Å²) < 4.78 is 12.9. The van der Waals surface area contributed by atoms with Crippen LogP contribution in [0.2, 0.25) is 0 Å². The Hall–Kier alpha value is -0.930. The summed E-state index contributed by atoms with van der Waals surface area (Å²) in [5.74, 6) is -0.157. The van der Waals surface area contributed by atoms with Gasteiger partial charge in [-0.2, -0.15) is 0 Å². The van der Waals surface area contributed by atoms with Crippen molar-refractivity contribution < 1.29 is 4.39 Å². The van der Waals surface area contributed by atoms with Gasteiger partial charge in [-0.1, -0.05) is 12.1 Å². The zero-order valence-electron chi connectivity index (χ0n) is 11.5. The number of hydrogen-bond donors (Lipinski definition) is 1. The molecule has 0 aliphatic carbocycles. The topological polar surface area (TPSA) is 15.3 Å². The van der Waals surface area contributed by atoms with Crippen LogP contribution in [0.1, 0.15) is 26.3 Å². The van der Waals surface area contributed by atoms with Gasteiger partial charge in [0.2, 0.25) is 0 Å². The summed E-state index contributed by atoms with van der Waals surface area (Å²) in [6.45, 7) is 8.89. The van der Waals surface area contributed by atoms with Gasteiger partial charge in [0.15, 0.2) is 0 Å². The molecule has 0 spiro atoms. The van der Waals surface area contributed by atoms with Crippen LogP contribution in [-0.4, -0.2) is 36.1 Å². The van der Waals surface area contributed by atoms with E-state index in [0.717, 1.165) is 19.5 Å². The number of nitrogens with one attached hydrogen (secondary N) is 1. The van der Waals surface area contributed by atoms with Crippen molar-refractivity contribution in [2.45, 2.75) is 45.3 Å². The van der Waals surface area contributed by atoms with Crippen LogP contribution in [0, 0.1) is 5.82 Å². The minimum atomic E-state index is -0.157. The fourth-order valence-corrected chi connectivity index (χ4v) is 2.74. The summed E-state index contributed by atoms with van der Waals surface area (Å²) in [5, 5.41) is 3.50. The summed E-state index contributed by atoms with van der Waals surface area (Å²) >= 11 is 0. The van der Waals surface area contributed by atoms with Gasteiger partial charge in [-0.15, -0.1) is 0 Å². The molecule has 1 heterocycles. The van der Waals surface area contributed by atoms with E-state index in [1.54, 1.807) is 12.1 Å². The minimum absolute atomic E-state index is 0.157. The summed E-state index contributed by atoms with van der Waals surface area (Å²) in [4.78, 5) is 2.55. The van der Waals surface area contributed by atoms with Gasteiger partial charge in [0, 0.05) is 31.2 Å². The molecule has 1 aromatic rings. The van der Waals surface area contributed by atoms with E-state index in [9.17, 15) is 4.39 Å². The van der Waals surface area contributed by atoms with Crippen molar-refractivity contribution in [3.63, 3.8) is 0 Å². The number of piperazine rings is 1. The second-order valence-electron chi connectivity index (χ2n) is 5.53. The Morgan fingerprint density at radius 3 is 2.67 bits per heavy atom. The van der Waals surface area contributed by atoms with Crippen molar-refractivity contribution in [1.29, 1.82) is 0 Å². The molecule has 1 saturated heterocycles. The molecule has 2 rings (SSSR count). The highest BCUT2D eigenvalue weighted by Gasteiger charge is 2.26. The predicted molar refractivity (Wildman–Crippen MR) is 73.2 cm³/mol. The standard InChI is InChI=1S/C15H23FN2/c1-11-10-18(13(3)9-17-11)12(2)8-14-4-6-15(16)7-5-14/h4-7,11-13,17H,8-10H2,1-3H3. The van der Waals surface area contributed by atoms with E-state index in [1.807, 2.05) is 12.1 Å². The van der Waals surface area contributed by atoms with Gasteiger partial charge >= 0.3 is 0 Å². The molecule has 1 aliphatic rings. The van der Waals surface area contributed by atoms with Gasteiger partial charge in [0.05, 0.1) is 0 Å². The Morgan fingerprint density at radius 1 is 1.33 bits per heavy atom. The Kier molecular flexibility index (Phi) is 4.36. The molecular weight excluding hydrogens is 227 g/mol. The lowest BCUT2D eigenvalue weighted by Crippen LogP contribution is -2.57. The van der Waals surface area contributed by atoms with Crippen LogP contribution >= 0.6 is 0 Å². The molecule has 0 bridgehead atoms. The van der Waals surface area contributed by atoms with E-state index < -0.39 is 0 Å². The number of halogens is 1. The Bertz CT molecular complexity index is 377. The lowest BCUT2D eigenvalue weighted by Gasteiger charge is -2.41. The zero-order chi connectivity index (χ0) is 13.1. The highest BCUT2D eigenvalue weighted by atomic mass is 19.1. The van der Waals surface area contributed by atoms with Crippen molar-refractivity contribution in [2.24, 2.45) is 0 Å². The van der Waals surface area contributed by atoms with Crippen LogP contribution in [0.25, 0.3) is 0 Å². The zero-order valence-corrected chi connectivity index (χ0v) is 11.5. The van der Waals surface area contributed by atoms with E-state index in [-0.39, 0.29) is 5.82 Å². The van der Waals surface area contributed by atoms with Gasteiger partial charge < -0.3 is 5.32 Å². The van der Waals surface area contributed by atoms with Gasteiger partial charge in [-0.05, 0) is 44.9 Å². The molecule has 1 fully saturated rings. The van der Waals surface area contributed by atoms with E-state index in [4.69, 9.17) is 0 Å². The highest BCUT2D eigenvalue weighted by molar-refractivity contribution is 5.17. The Balaban J connectivity index is 1.98. The smallest absolute Gasteiger partial charge is 0.123 e. The first kappa shape index (κ1) is 13.5. The maximum Gasteiger partial charge on any atom is 0.123 e. The van der Waals surface area contributed by atoms with Gasteiger partial charge in [0.25, 0.3) is 0 Å². The van der Waals surface area contributed by atoms with Crippen molar-refractivity contribution in [1.82, 2.24) is 10.2 Å². The predicted octanol–water partition coefficient (Wildman–Crippen LogP) is 2.44. The third-order valence-electron chi connectivity index (χ3n) is 3.82. The molecule has 3 heteroatoms. The quantitative estimate of drug-likeness (QED) is 0.886. The first-order valence-corrected chi connectivity index (χ1v) is 6.80. The number of hydrogen-bond acceptors (Lipinski definition) is 2. The van der Waals surface area contributed by atoms with Crippen LogP contribution < -0.4 is 5.32 Å². The van der Waals surface area contributed by atoms with Crippen LogP contribution in [0.5, 0.6) is 0 Å². The molecule has 0 amide bonds. The van der Waals surface area contributed by atoms with Gasteiger partial charge in [0.1, 0.15) is 5.82 Å². The third-order valence-corrected chi connectivity index (χ3v) is 3.82. The molecule has 0 radical (unpaired) electrons. The van der Waals surface area contributed by atoms with Crippen LogP contribution in [0.4, 0.5) is 4.39 Å². The minimum Gasteiger partial charge on any atom is -0.311 e. The molecule has 1 N–H and O–H groups in total. The number of nitrogens with zero attached hydrogens (tertiary/aromatic N) is 1. The largest absolute Gasteiger partial charge is 0.311 e. The number of benzene rings is 1. The monoisotopic (exact) mass is 250 g/mol. The Labute approximate surface area is 109 Å².